The Morgan fingerprint density at radius 3 is 2.56 bits per heavy atom. The first-order valence-electron chi connectivity index (χ1n) is 9.47. The first-order valence-corrected chi connectivity index (χ1v) is 11.1. The predicted octanol–water partition coefficient (Wildman–Crippen LogP) is 4.96. The molecule has 32 heavy (non-hydrogen) atoms. The lowest BCUT2D eigenvalue weighted by molar-refractivity contribution is 0.562. The van der Waals surface area contributed by atoms with Gasteiger partial charge < -0.3 is 4.42 Å². The largest absolute Gasteiger partial charge is 0.434 e. The van der Waals surface area contributed by atoms with Crippen LogP contribution in [-0.4, -0.2) is 30.6 Å². The lowest BCUT2D eigenvalue weighted by atomic mass is 10.1. The van der Waals surface area contributed by atoms with Crippen molar-refractivity contribution < 1.29 is 8.81 Å². The number of nitrogens with zero attached hydrogens (tertiary/aromatic N) is 5. The number of rotatable bonds is 4. The number of thioether (sulfide) groups is 1. The highest BCUT2D eigenvalue weighted by molar-refractivity contribution is 7.98. The minimum absolute atomic E-state index is 0.0186. The van der Waals surface area contributed by atoms with Gasteiger partial charge in [-0.2, -0.15) is 15.1 Å². The minimum atomic E-state index is -0.659. The summed E-state index contributed by atoms with van der Waals surface area (Å²) in [6.07, 6.45) is 4.61. The first-order chi connectivity index (χ1) is 15.4. The van der Waals surface area contributed by atoms with E-state index in [-0.39, 0.29) is 16.7 Å². The third-order valence-electron chi connectivity index (χ3n) is 4.85. The number of halogens is 2. The molecule has 7 nitrogen and oxygen atoms in total. The Balaban J connectivity index is 1.73. The molecule has 3 aromatic heterocycles. The van der Waals surface area contributed by atoms with Crippen LogP contribution in [0.5, 0.6) is 0 Å². The van der Waals surface area contributed by atoms with Gasteiger partial charge in [-0.1, -0.05) is 11.6 Å². The van der Waals surface area contributed by atoms with E-state index >= 15 is 0 Å². The third kappa shape index (κ3) is 3.59. The van der Waals surface area contributed by atoms with Crippen LogP contribution < -0.4 is 5.69 Å². The molecule has 0 aliphatic rings. The Morgan fingerprint density at radius 2 is 1.81 bits per heavy atom. The summed E-state index contributed by atoms with van der Waals surface area (Å²) >= 11 is 7.08. The van der Waals surface area contributed by atoms with Crippen LogP contribution in [-0.2, 0) is 7.05 Å². The molecule has 0 atom stereocenters. The molecule has 0 amide bonds. The van der Waals surface area contributed by atoms with Gasteiger partial charge in [0.1, 0.15) is 5.03 Å². The van der Waals surface area contributed by atoms with E-state index in [2.05, 4.69) is 15.1 Å². The summed E-state index contributed by atoms with van der Waals surface area (Å²) in [4.78, 5) is 21.0. The highest BCUT2D eigenvalue weighted by atomic mass is 35.5. The van der Waals surface area contributed by atoms with E-state index < -0.39 is 11.5 Å². The fourth-order valence-electron chi connectivity index (χ4n) is 3.38. The molecule has 0 saturated carbocycles. The van der Waals surface area contributed by atoms with Crippen LogP contribution in [0.1, 0.15) is 0 Å². The molecular weight excluding hydrogens is 453 g/mol. The van der Waals surface area contributed by atoms with Gasteiger partial charge in [-0.25, -0.2) is 13.8 Å². The highest BCUT2D eigenvalue weighted by Crippen LogP contribution is 2.33. The molecular formula is C22H15ClFN5O2S. The van der Waals surface area contributed by atoms with Gasteiger partial charge in [-0.05, 0) is 48.7 Å². The molecule has 0 aliphatic heterocycles. The molecule has 0 spiro atoms. The van der Waals surface area contributed by atoms with Crippen molar-refractivity contribution in [2.24, 2.45) is 7.05 Å². The van der Waals surface area contributed by atoms with E-state index in [0.29, 0.717) is 21.9 Å². The van der Waals surface area contributed by atoms with Gasteiger partial charge in [-0.3, -0.25) is 4.68 Å². The van der Waals surface area contributed by atoms with Gasteiger partial charge >= 0.3 is 5.69 Å². The number of benzene rings is 2. The van der Waals surface area contributed by atoms with Crippen molar-refractivity contribution in [2.75, 3.05) is 6.26 Å². The van der Waals surface area contributed by atoms with Crippen LogP contribution in [0.25, 0.3) is 39.5 Å². The summed E-state index contributed by atoms with van der Waals surface area (Å²) in [7, 11) is 1.84. The van der Waals surface area contributed by atoms with Crippen molar-refractivity contribution in [3.63, 3.8) is 0 Å². The molecule has 0 bridgehead atoms. The average molecular weight is 468 g/mol. The van der Waals surface area contributed by atoms with Crippen LogP contribution in [0.4, 0.5) is 4.39 Å². The first kappa shape index (κ1) is 20.5. The molecule has 0 unspecified atom stereocenters. The Morgan fingerprint density at radius 1 is 1.06 bits per heavy atom. The molecule has 2 aromatic carbocycles. The summed E-state index contributed by atoms with van der Waals surface area (Å²) in [5.41, 5.74) is 1.49. The second-order valence-electron chi connectivity index (χ2n) is 7.01. The van der Waals surface area contributed by atoms with E-state index in [9.17, 15) is 9.18 Å². The molecule has 10 heteroatoms. The van der Waals surface area contributed by atoms with Gasteiger partial charge in [-0.15, -0.1) is 11.8 Å². The molecule has 0 fully saturated rings. The molecule has 0 radical (unpaired) electrons. The Hall–Kier alpha value is -3.43. The fourth-order valence-corrected chi connectivity index (χ4v) is 3.93. The van der Waals surface area contributed by atoms with Crippen molar-refractivity contribution in [3.8, 4) is 28.6 Å². The molecule has 0 N–H and O–H groups in total. The van der Waals surface area contributed by atoms with Crippen LogP contribution in [0, 0.1) is 5.82 Å². The van der Waals surface area contributed by atoms with Gasteiger partial charge in [0.2, 0.25) is 5.89 Å². The maximum Gasteiger partial charge on any atom is 0.354 e. The molecule has 0 saturated heterocycles. The van der Waals surface area contributed by atoms with Crippen molar-refractivity contribution in [3.05, 3.63) is 76.2 Å². The summed E-state index contributed by atoms with van der Waals surface area (Å²) in [6, 6.07) is 12.5. The molecule has 0 aliphatic carbocycles. The van der Waals surface area contributed by atoms with E-state index in [1.54, 1.807) is 35.2 Å². The molecule has 3 heterocycles. The van der Waals surface area contributed by atoms with Crippen molar-refractivity contribution in [1.82, 2.24) is 24.3 Å². The van der Waals surface area contributed by atoms with Gasteiger partial charge in [0, 0.05) is 34.8 Å². The Bertz CT molecular complexity index is 1520. The quantitative estimate of drug-likeness (QED) is 0.275. The fraction of sp³-hybridized carbons (Fsp3) is 0.0909. The number of fused-ring (bicyclic) bond motifs is 1. The number of hydrogen-bond donors (Lipinski definition) is 0. The Kier molecular flexibility index (Phi) is 5.07. The topological polar surface area (TPSA) is 78.7 Å². The zero-order valence-electron chi connectivity index (χ0n) is 16.9. The minimum Gasteiger partial charge on any atom is -0.434 e. The zero-order valence-corrected chi connectivity index (χ0v) is 18.5. The van der Waals surface area contributed by atoms with E-state index in [1.165, 1.54) is 0 Å². The number of aryl methyl sites for hydroxylation is 1. The maximum atomic E-state index is 14.5. The third-order valence-corrected chi connectivity index (χ3v) is 5.78. The number of aromatic nitrogens is 5. The van der Waals surface area contributed by atoms with Crippen molar-refractivity contribution >= 4 is 34.3 Å². The second kappa shape index (κ2) is 7.92. The zero-order chi connectivity index (χ0) is 22.4. The van der Waals surface area contributed by atoms with Crippen LogP contribution in [0.15, 0.2) is 69.1 Å². The summed E-state index contributed by atoms with van der Waals surface area (Å²) in [5, 5.41) is 5.84. The Labute approximate surface area is 190 Å². The number of oxazole rings is 1. The molecule has 160 valence electrons. The normalized spacial score (nSPS) is 11.4. The van der Waals surface area contributed by atoms with Crippen molar-refractivity contribution in [1.29, 1.82) is 0 Å². The van der Waals surface area contributed by atoms with Crippen LogP contribution >= 0.6 is 23.4 Å². The maximum absolute atomic E-state index is 14.5. The number of hydrogen-bond acceptors (Lipinski definition) is 6. The second-order valence-corrected chi connectivity index (χ2v) is 8.24. The van der Waals surface area contributed by atoms with E-state index in [1.807, 2.05) is 31.4 Å². The molecule has 5 aromatic rings. The van der Waals surface area contributed by atoms with Crippen LogP contribution in [0.3, 0.4) is 0 Å². The van der Waals surface area contributed by atoms with Crippen molar-refractivity contribution in [2.45, 2.75) is 5.03 Å². The SMILES string of the molecule is CSc1nc(=O)n(-c2nc(-c3ccc4nn(C)cc4c3)oc2-c2ccc(Cl)cc2)cc1F. The average Bonchev–Trinajstić information content (AvgIpc) is 3.38. The summed E-state index contributed by atoms with van der Waals surface area (Å²) in [5.74, 6) is 0.0817. The van der Waals surface area contributed by atoms with Gasteiger partial charge in [0.25, 0.3) is 0 Å². The lowest BCUT2D eigenvalue weighted by Crippen LogP contribution is -2.23. The summed E-state index contributed by atoms with van der Waals surface area (Å²) < 4.78 is 23.3. The highest BCUT2D eigenvalue weighted by Gasteiger charge is 2.21. The monoisotopic (exact) mass is 467 g/mol. The molecule has 5 rings (SSSR count). The summed E-state index contributed by atoms with van der Waals surface area (Å²) in [6.45, 7) is 0. The smallest absolute Gasteiger partial charge is 0.354 e. The van der Waals surface area contributed by atoms with E-state index in [4.69, 9.17) is 16.0 Å². The van der Waals surface area contributed by atoms with Gasteiger partial charge in [0.15, 0.2) is 17.4 Å². The predicted molar refractivity (Wildman–Crippen MR) is 122 cm³/mol. The van der Waals surface area contributed by atoms with Gasteiger partial charge in [0.05, 0.1) is 11.7 Å². The van der Waals surface area contributed by atoms with Crippen LogP contribution in [0.2, 0.25) is 5.02 Å². The standard InChI is InChI=1S/C22H15ClFN5O2S/c1-28-10-14-9-13(5-8-17(14)27-28)20-25-19(18(31-20)12-3-6-15(23)7-4-12)29-11-16(24)21(32-2)26-22(29)30/h3-11H,1-2H3. The van der Waals surface area contributed by atoms with E-state index in [0.717, 1.165) is 33.4 Å². The lowest BCUT2D eigenvalue weighted by Gasteiger charge is -2.05.